The van der Waals surface area contributed by atoms with E-state index in [-0.39, 0.29) is 24.0 Å². The lowest BCUT2D eigenvalue weighted by Gasteiger charge is -2.33. The van der Waals surface area contributed by atoms with E-state index in [9.17, 15) is 14.7 Å². The Kier molecular flexibility index (Phi) is 5.08. The van der Waals surface area contributed by atoms with Crippen molar-refractivity contribution in [3.63, 3.8) is 0 Å². The summed E-state index contributed by atoms with van der Waals surface area (Å²) in [6, 6.07) is 10.0. The van der Waals surface area contributed by atoms with Gasteiger partial charge in [0.1, 0.15) is 0 Å². The number of carboxylic acid groups (broad SMARTS) is 1. The number of nitrogens with zero attached hydrogens (tertiary/aromatic N) is 1. The number of fused-ring (bicyclic) bond motifs is 1. The second-order valence-electron chi connectivity index (χ2n) is 8.22. The molecule has 2 heterocycles. The molecule has 3 aliphatic rings. The maximum atomic E-state index is 12.7. The number of amides is 2. The predicted octanol–water partition coefficient (Wildman–Crippen LogP) is 3.05. The summed E-state index contributed by atoms with van der Waals surface area (Å²) in [6.07, 6.45) is 4.55. The van der Waals surface area contributed by atoms with Crippen molar-refractivity contribution in [2.75, 3.05) is 26.2 Å². The van der Waals surface area contributed by atoms with Gasteiger partial charge in [0, 0.05) is 32.2 Å². The summed E-state index contributed by atoms with van der Waals surface area (Å²) in [5.74, 6) is -0.415. The molecule has 0 bridgehead atoms. The van der Waals surface area contributed by atoms with E-state index in [0.717, 1.165) is 37.9 Å². The van der Waals surface area contributed by atoms with E-state index in [2.05, 4.69) is 17.4 Å². The van der Waals surface area contributed by atoms with Crippen molar-refractivity contribution in [3.05, 3.63) is 35.9 Å². The maximum absolute atomic E-state index is 12.7. The van der Waals surface area contributed by atoms with Crippen molar-refractivity contribution in [1.82, 2.24) is 10.2 Å². The fourth-order valence-electron chi connectivity index (χ4n) is 5.19. The molecule has 2 unspecified atom stereocenters. The van der Waals surface area contributed by atoms with Crippen molar-refractivity contribution in [3.8, 4) is 0 Å². The molecule has 2 N–H and O–H groups in total. The van der Waals surface area contributed by atoms with Gasteiger partial charge in [-0.25, -0.2) is 4.79 Å². The molecule has 2 saturated heterocycles. The molecule has 1 aromatic carbocycles. The third-order valence-corrected chi connectivity index (χ3v) is 6.67. The van der Waals surface area contributed by atoms with E-state index in [1.54, 1.807) is 4.90 Å². The van der Waals surface area contributed by atoms with Crippen LogP contribution >= 0.6 is 0 Å². The number of carbonyl (C=O) groups excluding carboxylic acids is 1. The molecule has 4 atom stereocenters. The zero-order valence-electron chi connectivity index (χ0n) is 15.6. The fraction of sp³-hybridized carbons (Fsp3) is 0.619. The molecule has 27 heavy (non-hydrogen) atoms. The van der Waals surface area contributed by atoms with E-state index in [1.807, 2.05) is 18.2 Å². The van der Waals surface area contributed by atoms with Crippen molar-refractivity contribution in [1.29, 1.82) is 0 Å². The Bertz CT molecular complexity index is 695. The van der Waals surface area contributed by atoms with Gasteiger partial charge in [0.2, 0.25) is 0 Å². The highest BCUT2D eigenvalue weighted by Gasteiger charge is 2.55. The number of carboxylic acids is 1. The maximum Gasteiger partial charge on any atom is 0.317 e. The summed E-state index contributed by atoms with van der Waals surface area (Å²) < 4.78 is 6.00. The molecule has 6 heteroatoms. The van der Waals surface area contributed by atoms with Gasteiger partial charge in [-0.15, -0.1) is 0 Å². The molecule has 6 nitrogen and oxygen atoms in total. The summed E-state index contributed by atoms with van der Waals surface area (Å²) in [5, 5.41) is 12.7. The number of rotatable bonds is 4. The number of likely N-dealkylation sites (tertiary alicyclic amines) is 1. The number of aliphatic carboxylic acids is 1. The third kappa shape index (κ3) is 3.43. The largest absolute Gasteiger partial charge is 0.481 e. The number of ether oxygens (including phenoxy) is 1. The van der Waals surface area contributed by atoms with Gasteiger partial charge in [-0.2, -0.15) is 0 Å². The van der Waals surface area contributed by atoms with Gasteiger partial charge >= 0.3 is 12.0 Å². The summed E-state index contributed by atoms with van der Waals surface area (Å²) in [6.45, 7) is 2.20. The number of carbonyl (C=O) groups is 2. The number of urea groups is 1. The van der Waals surface area contributed by atoms with Gasteiger partial charge in [0.15, 0.2) is 0 Å². The number of hydrogen-bond donors (Lipinski definition) is 2. The molecule has 0 aromatic heterocycles. The van der Waals surface area contributed by atoms with Crippen LogP contribution in [-0.2, 0) is 9.53 Å². The highest BCUT2D eigenvalue weighted by atomic mass is 16.5. The second kappa shape index (κ2) is 7.50. The number of benzene rings is 1. The summed E-state index contributed by atoms with van der Waals surface area (Å²) in [5.41, 5.74) is 0.426. The predicted molar refractivity (Wildman–Crippen MR) is 100 cm³/mol. The van der Waals surface area contributed by atoms with Gasteiger partial charge in [0.05, 0.1) is 11.5 Å². The normalized spacial score (nSPS) is 32.9. The van der Waals surface area contributed by atoms with Crippen LogP contribution in [0.25, 0.3) is 0 Å². The van der Waals surface area contributed by atoms with E-state index in [4.69, 9.17) is 4.74 Å². The zero-order chi connectivity index (χ0) is 18.9. The molecule has 1 aliphatic carbocycles. The minimum Gasteiger partial charge on any atom is -0.481 e. The highest BCUT2D eigenvalue weighted by molar-refractivity contribution is 5.80. The van der Waals surface area contributed by atoms with Crippen LogP contribution in [0.4, 0.5) is 4.79 Å². The Morgan fingerprint density at radius 1 is 1.22 bits per heavy atom. The molecular formula is C21H28N2O4. The average Bonchev–Trinajstić information content (AvgIpc) is 3.26. The minimum absolute atomic E-state index is 0.00331. The molecule has 2 aliphatic heterocycles. The summed E-state index contributed by atoms with van der Waals surface area (Å²) in [4.78, 5) is 26.2. The summed E-state index contributed by atoms with van der Waals surface area (Å²) >= 11 is 0. The Balaban J connectivity index is 1.37. The van der Waals surface area contributed by atoms with Crippen LogP contribution in [0, 0.1) is 17.3 Å². The van der Waals surface area contributed by atoms with Crippen LogP contribution in [0.1, 0.15) is 43.8 Å². The van der Waals surface area contributed by atoms with Gasteiger partial charge in [-0.3, -0.25) is 4.79 Å². The van der Waals surface area contributed by atoms with Gasteiger partial charge in [-0.1, -0.05) is 36.8 Å². The lowest BCUT2D eigenvalue weighted by molar-refractivity contribution is -0.149. The lowest BCUT2D eigenvalue weighted by atomic mass is 9.81. The topological polar surface area (TPSA) is 78.9 Å². The van der Waals surface area contributed by atoms with Crippen molar-refractivity contribution < 1.29 is 19.4 Å². The quantitative estimate of drug-likeness (QED) is 0.851. The molecular weight excluding hydrogens is 344 g/mol. The minimum atomic E-state index is -0.745. The average molecular weight is 372 g/mol. The number of hydrogen-bond acceptors (Lipinski definition) is 3. The Morgan fingerprint density at radius 2 is 2.04 bits per heavy atom. The van der Waals surface area contributed by atoms with Crippen LogP contribution in [-0.4, -0.2) is 48.2 Å². The lowest BCUT2D eigenvalue weighted by Crippen LogP contribution is -2.44. The fourth-order valence-corrected chi connectivity index (χ4v) is 5.19. The van der Waals surface area contributed by atoms with Gasteiger partial charge in [-0.05, 0) is 37.2 Å². The van der Waals surface area contributed by atoms with Gasteiger partial charge in [0.25, 0.3) is 0 Å². The molecule has 2 amide bonds. The Hall–Kier alpha value is -2.08. The first-order valence-electron chi connectivity index (χ1n) is 10.0. The first-order valence-corrected chi connectivity index (χ1v) is 10.0. The van der Waals surface area contributed by atoms with E-state index in [1.165, 1.54) is 0 Å². The standard InChI is InChI=1S/C21H28N2O4/c24-19(25)21-10-4-9-17(21)13-23(14-21)20(26)22-12-16-8-5-11-27-18(16)15-6-2-1-3-7-15/h1-3,6-7,16-18H,4-5,8-14H2,(H,22,26)(H,24,25)/t16?,17-,18?,21+/m0/s1. The van der Waals surface area contributed by atoms with E-state index in [0.29, 0.717) is 26.1 Å². The molecule has 0 radical (unpaired) electrons. The van der Waals surface area contributed by atoms with Crippen LogP contribution in [0.5, 0.6) is 0 Å². The smallest absolute Gasteiger partial charge is 0.317 e. The van der Waals surface area contributed by atoms with Crippen molar-refractivity contribution in [2.45, 2.75) is 38.2 Å². The van der Waals surface area contributed by atoms with E-state index < -0.39 is 11.4 Å². The second-order valence-corrected chi connectivity index (χ2v) is 8.22. The Morgan fingerprint density at radius 3 is 2.78 bits per heavy atom. The first kappa shape index (κ1) is 18.3. The van der Waals surface area contributed by atoms with Crippen molar-refractivity contribution >= 4 is 12.0 Å². The molecule has 4 rings (SSSR count). The number of nitrogens with one attached hydrogen (secondary N) is 1. The van der Waals surface area contributed by atoms with Crippen LogP contribution in [0.3, 0.4) is 0 Å². The highest BCUT2D eigenvalue weighted by Crippen LogP contribution is 2.48. The third-order valence-electron chi connectivity index (χ3n) is 6.67. The molecule has 1 aromatic rings. The van der Waals surface area contributed by atoms with Crippen molar-refractivity contribution in [2.24, 2.45) is 17.3 Å². The molecule has 1 saturated carbocycles. The molecule has 146 valence electrons. The monoisotopic (exact) mass is 372 g/mol. The zero-order valence-corrected chi connectivity index (χ0v) is 15.6. The van der Waals surface area contributed by atoms with Crippen LogP contribution in [0.15, 0.2) is 30.3 Å². The molecule has 3 fully saturated rings. The van der Waals surface area contributed by atoms with Crippen LogP contribution in [0.2, 0.25) is 0 Å². The first-order chi connectivity index (χ1) is 13.1. The van der Waals surface area contributed by atoms with Crippen LogP contribution < -0.4 is 5.32 Å². The Labute approximate surface area is 159 Å². The van der Waals surface area contributed by atoms with E-state index >= 15 is 0 Å². The van der Waals surface area contributed by atoms with Gasteiger partial charge < -0.3 is 20.1 Å². The molecule has 0 spiro atoms. The summed E-state index contributed by atoms with van der Waals surface area (Å²) in [7, 11) is 0. The SMILES string of the molecule is O=C(NCC1CCCOC1c1ccccc1)N1C[C@@H]2CCC[C@@]2(C(=O)O)C1.